The van der Waals surface area contributed by atoms with Crippen LogP contribution in [0.25, 0.3) is 22.0 Å². The van der Waals surface area contributed by atoms with Crippen molar-refractivity contribution in [3.05, 3.63) is 52.9 Å². The number of amides is 1. The first-order chi connectivity index (χ1) is 11.8. The fourth-order valence-electron chi connectivity index (χ4n) is 3.02. The van der Waals surface area contributed by atoms with Gasteiger partial charge in [0.05, 0.1) is 25.3 Å². The molecule has 0 atom stereocenters. The summed E-state index contributed by atoms with van der Waals surface area (Å²) in [7, 11) is 0. The first-order valence-electron chi connectivity index (χ1n) is 8.09. The van der Waals surface area contributed by atoms with E-state index >= 15 is 0 Å². The van der Waals surface area contributed by atoms with Crippen LogP contribution in [0.1, 0.15) is 5.01 Å². The lowest BCUT2D eigenvalue weighted by Crippen LogP contribution is -2.41. The fourth-order valence-corrected chi connectivity index (χ4v) is 3.80. The molecular weight excluding hydrogens is 320 g/mol. The van der Waals surface area contributed by atoms with Crippen LogP contribution >= 0.6 is 11.3 Å². The maximum atomic E-state index is 12.4. The molecule has 0 radical (unpaired) electrons. The Labute approximate surface area is 144 Å². The van der Waals surface area contributed by atoms with Gasteiger partial charge in [0.25, 0.3) is 0 Å². The standard InChI is InChI=1S/C19H18N2O2S/c22-19(21-8-10-23-11-9-21)12-18-20-17(13-24-18)16-7-3-5-14-4-1-2-6-15(14)16/h1-7,13H,8-12H2. The van der Waals surface area contributed by atoms with Crippen molar-refractivity contribution in [2.45, 2.75) is 6.42 Å². The lowest BCUT2D eigenvalue weighted by atomic mass is 10.0. The highest BCUT2D eigenvalue weighted by Gasteiger charge is 2.18. The van der Waals surface area contributed by atoms with E-state index in [0.29, 0.717) is 32.7 Å². The Hall–Kier alpha value is -2.24. The molecule has 4 nitrogen and oxygen atoms in total. The van der Waals surface area contributed by atoms with Gasteiger partial charge in [-0.3, -0.25) is 4.79 Å². The number of benzene rings is 2. The van der Waals surface area contributed by atoms with Crippen LogP contribution in [0.15, 0.2) is 47.8 Å². The third-order valence-electron chi connectivity index (χ3n) is 4.28. The molecule has 5 heteroatoms. The van der Waals surface area contributed by atoms with E-state index in [9.17, 15) is 4.79 Å². The fraction of sp³-hybridized carbons (Fsp3) is 0.263. The summed E-state index contributed by atoms with van der Waals surface area (Å²) >= 11 is 1.56. The average molecular weight is 338 g/mol. The summed E-state index contributed by atoms with van der Waals surface area (Å²) in [5, 5.41) is 5.31. The first kappa shape index (κ1) is 15.3. The number of aromatic nitrogens is 1. The number of carbonyl (C=O) groups is 1. The zero-order valence-corrected chi connectivity index (χ0v) is 14.1. The molecular formula is C19H18N2O2S. The van der Waals surface area contributed by atoms with Gasteiger partial charge in [-0.05, 0) is 10.8 Å². The predicted octanol–water partition coefficient (Wildman–Crippen LogP) is 3.36. The van der Waals surface area contributed by atoms with Gasteiger partial charge in [0, 0.05) is 24.0 Å². The third-order valence-corrected chi connectivity index (χ3v) is 5.13. The molecule has 1 aliphatic heterocycles. The molecule has 1 fully saturated rings. The Morgan fingerprint density at radius 1 is 1.12 bits per heavy atom. The van der Waals surface area contributed by atoms with E-state index in [-0.39, 0.29) is 5.91 Å². The van der Waals surface area contributed by atoms with E-state index < -0.39 is 0 Å². The van der Waals surface area contributed by atoms with Crippen molar-refractivity contribution in [1.29, 1.82) is 0 Å². The summed E-state index contributed by atoms with van der Waals surface area (Å²) in [6, 6.07) is 14.5. The number of morpholine rings is 1. The number of carbonyl (C=O) groups excluding carboxylic acids is 1. The number of fused-ring (bicyclic) bond motifs is 1. The van der Waals surface area contributed by atoms with Crippen molar-refractivity contribution in [2.75, 3.05) is 26.3 Å². The van der Waals surface area contributed by atoms with Crippen molar-refractivity contribution in [3.63, 3.8) is 0 Å². The van der Waals surface area contributed by atoms with E-state index in [1.165, 1.54) is 10.8 Å². The molecule has 2 aromatic carbocycles. The van der Waals surface area contributed by atoms with Crippen molar-refractivity contribution in [3.8, 4) is 11.3 Å². The van der Waals surface area contributed by atoms with E-state index in [0.717, 1.165) is 16.3 Å². The molecule has 0 spiro atoms. The predicted molar refractivity (Wildman–Crippen MR) is 96.2 cm³/mol. The van der Waals surface area contributed by atoms with Gasteiger partial charge in [0.2, 0.25) is 5.91 Å². The summed E-state index contributed by atoms with van der Waals surface area (Å²) < 4.78 is 5.30. The average Bonchev–Trinajstić information content (AvgIpc) is 3.10. The van der Waals surface area contributed by atoms with Gasteiger partial charge in [0.15, 0.2) is 0 Å². The minimum Gasteiger partial charge on any atom is -0.378 e. The van der Waals surface area contributed by atoms with Gasteiger partial charge < -0.3 is 9.64 Å². The van der Waals surface area contributed by atoms with E-state index in [4.69, 9.17) is 9.72 Å². The zero-order chi connectivity index (χ0) is 16.4. The molecule has 1 amide bonds. The molecule has 24 heavy (non-hydrogen) atoms. The molecule has 1 saturated heterocycles. The Morgan fingerprint density at radius 2 is 1.92 bits per heavy atom. The van der Waals surface area contributed by atoms with Crippen LogP contribution in [-0.2, 0) is 16.0 Å². The first-order valence-corrected chi connectivity index (χ1v) is 8.97. The Bertz CT molecular complexity index is 863. The molecule has 3 aromatic rings. The topological polar surface area (TPSA) is 42.4 Å². The maximum absolute atomic E-state index is 12.4. The largest absolute Gasteiger partial charge is 0.378 e. The third kappa shape index (κ3) is 3.05. The highest BCUT2D eigenvalue weighted by molar-refractivity contribution is 7.10. The molecule has 4 rings (SSSR count). The van der Waals surface area contributed by atoms with Crippen LogP contribution in [0.2, 0.25) is 0 Å². The number of ether oxygens (including phenoxy) is 1. The molecule has 0 unspecified atom stereocenters. The van der Waals surface area contributed by atoms with Crippen LogP contribution < -0.4 is 0 Å². The molecule has 0 saturated carbocycles. The lowest BCUT2D eigenvalue weighted by Gasteiger charge is -2.26. The van der Waals surface area contributed by atoms with Gasteiger partial charge in [-0.15, -0.1) is 11.3 Å². The maximum Gasteiger partial charge on any atom is 0.229 e. The number of thiazole rings is 1. The molecule has 1 aromatic heterocycles. The lowest BCUT2D eigenvalue weighted by molar-refractivity contribution is -0.134. The summed E-state index contributed by atoms with van der Waals surface area (Å²) in [6.45, 7) is 2.62. The Balaban J connectivity index is 1.57. The number of hydrogen-bond donors (Lipinski definition) is 0. The molecule has 0 N–H and O–H groups in total. The quantitative estimate of drug-likeness (QED) is 0.735. The van der Waals surface area contributed by atoms with Gasteiger partial charge in [-0.1, -0.05) is 42.5 Å². The Kier molecular flexibility index (Phi) is 4.28. The summed E-state index contributed by atoms with van der Waals surface area (Å²) in [4.78, 5) is 18.9. The smallest absolute Gasteiger partial charge is 0.229 e. The minimum atomic E-state index is 0.136. The molecule has 1 aliphatic rings. The van der Waals surface area contributed by atoms with Gasteiger partial charge in [-0.2, -0.15) is 0 Å². The number of rotatable bonds is 3. The van der Waals surface area contributed by atoms with Crippen LogP contribution in [0.3, 0.4) is 0 Å². The van der Waals surface area contributed by atoms with E-state index in [1.54, 1.807) is 11.3 Å². The second-order valence-electron chi connectivity index (χ2n) is 5.82. The SMILES string of the molecule is O=C(Cc1nc(-c2cccc3ccccc23)cs1)N1CCOCC1. The van der Waals surface area contributed by atoms with Crippen LogP contribution in [-0.4, -0.2) is 42.1 Å². The van der Waals surface area contributed by atoms with Crippen LogP contribution in [0.5, 0.6) is 0 Å². The van der Waals surface area contributed by atoms with Gasteiger partial charge in [-0.25, -0.2) is 4.98 Å². The number of nitrogens with zero attached hydrogens (tertiary/aromatic N) is 2. The summed E-state index contributed by atoms with van der Waals surface area (Å²) in [6.07, 6.45) is 0.370. The van der Waals surface area contributed by atoms with E-state index in [1.807, 2.05) is 22.4 Å². The highest BCUT2D eigenvalue weighted by Crippen LogP contribution is 2.29. The monoisotopic (exact) mass is 338 g/mol. The minimum absolute atomic E-state index is 0.136. The van der Waals surface area contributed by atoms with Crippen molar-refractivity contribution >= 4 is 28.0 Å². The molecule has 2 heterocycles. The van der Waals surface area contributed by atoms with Crippen molar-refractivity contribution in [1.82, 2.24) is 9.88 Å². The summed E-state index contributed by atoms with van der Waals surface area (Å²) in [5.41, 5.74) is 2.07. The second kappa shape index (κ2) is 6.71. The van der Waals surface area contributed by atoms with Crippen LogP contribution in [0.4, 0.5) is 0 Å². The zero-order valence-electron chi connectivity index (χ0n) is 13.3. The Morgan fingerprint density at radius 3 is 2.79 bits per heavy atom. The molecule has 122 valence electrons. The second-order valence-corrected chi connectivity index (χ2v) is 6.77. The highest BCUT2D eigenvalue weighted by atomic mass is 32.1. The van der Waals surface area contributed by atoms with E-state index in [2.05, 4.69) is 30.3 Å². The number of hydrogen-bond acceptors (Lipinski definition) is 4. The van der Waals surface area contributed by atoms with Crippen molar-refractivity contribution in [2.24, 2.45) is 0 Å². The normalized spacial score (nSPS) is 14.9. The molecule has 0 bridgehead atoms. The van der Waals surface area contributed by atoms with Crippen LogP contribution in [0, 0.1) is 0 Å². The molecule has 0 aliphatic carbocycles. The van der Waals surface area contributed by atoms with Crippen molar-refractivity contribution < 1.29 is 9.53 Å². The van der Waals surface area contributed by atoms with Gasteiger partial charge in [0.1, 0.15) is 5.01 Å². The summed E-state index contributed by atoms with van der Waals surface area (Å²) in [5.74, 6) is 0.136. The van der Waals surface area contributed by atoms with Gasteiger partial charge >= 0.3 is 0 Å².